The fraction of sp³-hybridized carbons (Fsp3) is 0.143. The van der Waals surface area contributed by atoms with E-state index in [1.165, 1.54) is 0 Å². The molecule has 0 N–H and O–H groups in total. The predicted molar refractivity (Wildman–Crippen MR) is 37.8 cm³/mol. The Kier molecular flexibility index (Phi) is 2.50. The molecule has 70 valence electrons. The number of benzene rings is 1. The van der Waals surface area contributed by atoms with E-state index in [1.54, 1.807) is 0 Å². The molecule has 0 amide bonds. The minimum absolute atomic E-state index is 0.365. The Bertz CT molecular complexity index is 354. The van der Waals surface area contributed by atoms with Gasteiger partial charge in [-0.05, 0) is 6.07 Å². The smallest absolute Gasteiger partial charge is 0.258 e. The van der Waals surface area contributed by atoms with Crippen LogP contribution in [0.2, 0.25) is 0 Å². The van der Waals surface area contributed by atoms with Crippen LogP contribution in [0.5, 0.6) is 0 Å². The van der Waals surface area contributed by atoms with E-state index in [2.05, 4.69) is 0 Å². The van der Waals surface area contributed by atoms with Gasteiger partial charge in [-0.1, -0.05) is 0 Å². The first-order valence-electron chi connectivity index (χ1n) is 3.24. The van der Waals surface area contributed by atoms with E-state index in [-0.39, 0.29) is 0 Å². The second-order valence-corrected chi connectivity index (χ2v) is 2.29. The Morgan fingerprint density at radius 2 is 1.85 bits per heavy atom. The summed E-state index contributed by atoms with van der Waals surface area (Å²) in [5.74, 6) is -2.65. The van der Waals surface area contributed by atoms with Crippen molar-refractivity contribution in [3.8, 4) is 0 Å². The van der Waals surface area contributed by atoms with E-state index >= 15 is 0 Å². The molecule has 0 bridgehead atoms. The molecule has 0 heterocycles. The Balaban J connectivity index is 3.33. The average molecular weight is 191 g/mol. The van der Waals surface area contributed by atoms with E-state index in [1.807, 2.05) is 0 Å². The maximum absolute atomic E-state index is 12.5. The number of hydrogen-bond donors (Lipinski definition) is 0. The highest BCUT2D eigenvalue weighted by Gasteiger charge is 2.17. The third kappa shape index (κ3) is 1.77. The molecule has 0 spiro atoms. The lowest BCUT2D eigenvalue weighted by atomic mass is 10.2. The molecule has 0 radical (unpaired) electrons. The summed E-state index contributed by atoms with van der Waals surface area (Å²) in [5, 5.41) is 10.2. The Morgan fingerprint density at radius 3 is 2.31 bits per heavy atom. The summed E-state index contributed by atoms with van der Waals surface area (Å²) in [6.07, 6.45) is 0. The van der Waals surface area contributed by atoms with Crippen LogP contribution in [0, 0.1) is 21.7 Å². The fourth-order valence-electron chi connectivity index (χ4n) is 0.855. The summed E-state index contributed by atoms with van der Waals surface area (Å²) < 4.78 is 37.0. The molecule has 1 aromatic carbocycles. The highest BCUT2D eigenvalue weighted by molar-refractivity contribution is 5.40. The summed E-state index contributed by atoms with van der Waals surface area (Å²) in [6.45, 7) is -1.20. The minimum atomic E-state index is -1.36. The van der Waals surface area contributed by atoms with Crippen LogP contribution in [0.25, 0.3) is 0 Å². The molecule has 3 nitrogen and oxygen atoms in total. The number of nitrogens with zero attached hydrogens (tertiary/aromatic N) is 1. The first kappa shape index (κ1) is 9.50. The molecule has 0 fully saturated rings. The zero-order valence-electron chi connectivity index (χ0n) is 6.26. The lowest BCUT2D eigenvalue weighted by molar-refractivity contribution is -0.386. The molecule has 0 aliphatic rings. The molecular formula is C7H4F3NO2. The van der Waals surface area contributed by atoms with Gasteiger partial charge in [-0.15, -0.1) is 0 Å². The van der Waals surface area contributed by atoms with Crippen LogP contribution >= 0.6 is 0 Å². The lowest BCUT2D eigenvalue weighted by Gasteiger charge is -1.98. The van der Waals surface area contributed by atoms with Crippen molar-refractivity contribution in [1.29, 1.82) is 0 Å². The molecule has 13 heavy (non-hydrogen) atoms. The van der Waals surface area contributed by atoms with Crippen molar-refractivity contribution in [3.63, 3.8) is 0 Å². The molecule has 0 saturated heterocycles. The second kappa shape index (κ2) is 3.42. The van der Waals surface area contributed by atoms with Crippen molar-refractivity contribution in [2.45, 2.75) is 6.67 Å². The number of rotatable bonds is 2. The Morgan fingerprint density at radius 1 is 1.31 bits per heavy atom. The third-order valence-electron chi connectivity index (χ3n) is 1.46. The second-order valence-electron chi connectivity index (χ2n) is 2.29. The molecule has 0 atom stereocenters. The van der Waals surface area contributed by atoms with Gasteiger partial charge in [-0.25, -0.2) is 13.2 Å². The highest BCUT2D eigenvalue weighted by atomic mass is 19.2. The summed E-state index contributed by atoms with van der Waals surface area (Å²) in [5.41, 5.74) is -1.22. The number of nitro groups is 1. The first-order chi connectivity index (χ1) is 6.06. The lowest BCUT2D eigenvalue weighted by Crippen LogP contribution is -1.97. The summed E-state index contributed by atoms with van der Waals surface area (Å²) in [6, 6.07) is 0.845. The van der Waals surface area contributed by atoms with Gasteiger partial charge in [0.15, 0.2) is 11.6 Å². The van der Waals surface area contributed by atoms with Crippen LogP contribution in [0.4, 0.5) is 18.9 Å². The van der Waals surface area contributed by atoms with Gasteiger partial charge in [-0.3, -0.25) is 10.1 Å². The Hall–Kier alpha value is -1.59. The molecule has 1 aromatic rings. The summed E-state index contributed by atoms with van der Waals surface area (Å²) in [4.78, 5) is 9.23. The molecule has 0 aliphatic heterocycles. The molecular weight excluding hydrogens is 187 g/mol. The monoisotopic (exact) mass is 191 g/mol. The average Bonchev–Trinajstić information content (AvgIpc) is 2.08. The molecule has 6 heteroatoms. The van der Waals surface area contributed by atoms with Gasteiger partial charge < -0.3 is 0 Å². The van der Waals surface area contributed by atoms with E-state index in [9.17, 15) is 23.3 Å². The van der Waals surface area contributed by atoms with E-state index in [0.717, 1.165) is 0 Å². The highest BCUT2D eigenvalue weighted by Crippen LogP contribution is 2.22. The van der Waals surface area contributed by atoms with Crippen LogP contribution < -0.4 is 0 Å². The van der Waals surface area contributed by atoms with Crippen LogP contribution in [0.1, 0.15) is 5.56 Å². The van der Waals surface area contributed by atoms with Crippen LogP contribution in [0.3, 0.4) is 0 Å². The van der Waals surface area contributed by atoms with Crippen LogP contribution in [-0.2, 0) is 6.67 Å². The number of halogens is 3. The zero-order valence-corrected chi connectivity index (χ0v) is 6.26. The molecule has 0 saturated carbocycles. The number of nitro benzene ring substituents is 1. The minimum Gasteiger partial charge on any atom is -0.258 e. The van der Waals surface area contributed by atoms with Gasteiger partial charge >= 0.3 is 0 Å². The standard InChI is InChI=1S/C7H4F3NO2/c8-3-4-1-5(9)6(10)2-7(4)11(12)13/h1-2H,3H2. The van der Waals surface area contributed by atoms with Gasteiger partial charge in [0.05, 0.1) is 16.6 Å². The van der Waals surface area contributed by atoms with E-state index < -0.39 is 34.5 Å². The molecule has 0 aliphatic carbocycles. The van der Waals surface area contributed by atoms with Crippen molar-refractivity contribution in [3.05, 3.63) is 39.4 Å². The molecule has 0 unspecified atom stereocenters. The van der Waals surface area contributed by atoms with Gasteiger partial charge in [0.1, 0.15) is 6.67 Å². The predicted octanol–water partition coefficient (Wildman–Crippen LogP) is 2.34. The number of hydrogen-bond acceptors (Lipinski definition) is 2. The van der Waals surface area contributed by atoms with Gasteiger partial charge in [0.25, 0.3) is 5.69 Å². The molecule has 0 aromatic heterocycles. The fourth-order valence-corrected chi connectivity index (χ4v) is 0.855. The zero-order chi connectivity index (χ0) is 10.0. The van der Waals surface area contributed by atoms with E-state index in [0.29, 0.717) is 12.1 Å². The largest absolute Gasteiger partial charge is 0.278 e. The quantitative estimate of drug-likeness (QED) is 0.531. The number of alkyl halides is 1. The Labute approximate surface area is 70.9 Å². The van der Waals surface area contributed by atoms with E-state index in [4.69, 9.17) is 0 Å². The van der Waals surface area contributed by atoms with Crippen molar-refractivity contribution in [2.24, 2.45) is 0 Å². The summed E-state index contributed by atoms with van der Waals surface area (Å²) >= 11 is 0. The normalized spacial score (nSPS) is 10.1. The van der Waals surface area contributed by atoms with Crippen LogP contribution in [-0.4, -0.2) is 4.92 Å². The SMILES string of the molecule is O=[N+]([O-])c1cc(F)c(F)cc1CF. The maximum Gasteiger partial charge on any atom is 0.278 e. The van der Waals surface area contributed by atoms with Gasteiger partial charge in [0.2, 0.25) is 0 Å². The van der Waals surface area contributed by atoms with Crippen LogP contribution in [0.15, 0.2) is 12.1 Å². The topological polar surface area (TPSA) is 43.1 Å². The van der Waals surface area contributed by atoms with Crippen molar-refractivity contribution < 1.29 is 18.1 Å². The van der Waals surface area contributed by atoms with Crippen molar-refractivity contribution in [1.82, 2.24) is 0 Å². The molecule has 1 rings (SSSR count). The summed E-state index contributed by atoms with van der Waals surface area (Å²) in [7, 11) is 0. The van der Waals surface area contributed by atoms with Crippen molar-refractivity contribution in [2.75, 3.05) is 0 Å². The van der Waals surface area contributed by atoms with Gasteiger partial charge in [-0.2, -0.15) is 0 Å². The van der Waals surface area contributed by atoms with Gasteiger partial charge in [0, 0.05) is 0 Å². The van der Waals surface area contributed by atoms with Crippen molar-refractivity contribution >= 4 is 5.69 Å². The third-order valence-corrected chi connectivity index (χ3v) is 1.46. The first-order valence-corrected chi connectivity index (χ1v) is 3.24. The maximum atomic E-state index is 12.5.